The van der Waals surface area contributed by atoms with Crippen molar-refractivity contribution in [2.75, 3.05) is 6.61 Å². The van der Waals surface area contributed by atoms with Gasteiger partial charge >= 0.3 is 0 Å². The van der Waals surface area contributed by atoms with Crippen molar-refractivity contribution in [1.82, 2.24) is 16.2 Å². The Hall–Kier alpha value is -4.25. The average molecular weight is 454 g/mol. The lowest BCUT2D eigenvalue weighted by molar-refractivity contribution is -0.384. The third kappa shape index (κ3) is 6.12. The van der Waals surface area contributed by atoms with Gasteiger partial charge in [0, 0.05) is 17.7 Å². The molecular formula is C21H18N4O6S. The summed E-state index contributed by atoms with van der Waals surface area (Å²) in [5.41, 5.74) is 6.11. The minimum Gasteiger partial charge on any atom is -0.484 e. The molecule has 0 unspecified atom stereocenters. The van der Waals surface area contributed by atoms with Gasteiger partial charge < -0.3 is 9.15 Å². The second kappa shape index (κ2) is 10.2. The molecule has 0 aliphatic heterocycles. The number of benzene rings is 2. The lowest BCUT2D eigenvalue weighted by Gasteiger charge is -2.11. The van der Waals surface area contributed by atoms with Gasteiger partial charge in [-0.1, -0.05) is 29.8 Å². The summed E-state index contributed by atoms with van der Waals surface area (Å²) >= 11 is 4.97. The maximum Gasteiger partial charge on any atom is 0.293 e. The Balaban J connectivity index is 1.48. The molecule has 1 aromatic heterocycles. The van der Waals surface area contributed by atoms with Crippen LogP contribution in [0.15, 0.2) is 65.1 Å². The first kappa shape index (κ1) is 22.4. The van der Waals surface area contributed by atoms with Gasteiger partial charge in [0.15, 0.2) is 17.5 Å². The summed E-state index contributed by atoms with van der Waals surface area (Å²) in [6, 6.07) is 15.9. The number of non-ortho nitro benzene ring substituents is 1. The number of ether oxygens (including phenoxy) is 1. The molecule has 0 fully saturated rings. The zero-order chi connectivity index (χ0) is 23.1. The van der Waals surface area contributed by atoms with Crippen molar-refractivity contribution >= 4 is 34.8 Å². The van der Waals surface area contributed by atoms with E-state index in [1.54, 1.807) is 18.2 Å². The third-order valence-electron chi connectivity index (χ3n) is 4.10. The van der Waals surface area contributed by atoms with Gasteiger partial charge in [0.1, 0.15) is 11.5 Å². The van der Waals surface area contributed by atoms with Crippen molar-refractivity contribution in [3.05, 3.63) is 82.1 Å². The van der Waals surface area contributed by atoms with Crippen molar-refractivity contribution in [2.24, 2.45) is 0 Å². The molecule has 3 aromatic rings. The Bertz CT molecular complexity index is 1160. The largest absolute Gasteiger partial charge is 0.484 e. The molecule has 1 heterocycles. The number of hydrogen-bond donors (Lipinski definition) is 3. The van der Waals surface area contributed by atoms with Crippen LogP contribution in [0.3, 0.4) is 0 Å². The van der Waals surface area contributed by atoms with Crippen LogP contribution < -0.4 is 20.9 Å². The fourth-order valence-corrected chi connectivity index (χ4v) is 2.67. The van der Waals surface area contributed by atoms with Gasteiger partial charge in [-0.2, -0.15) is 0 Å². The summed E-state index contributed by atoms with van der Waals surface area (Å²) in [5.74, 6) is -0.416. The van der Waals surface area contributed by atoms with E-state index < -0.39 is 16.7 Å². The van der Waals surface area contributed by atoms with E-state index in [0.29, 0.717) is 11.3 Å². The molecule has 0 saturated carbocycles. The van der Waals surface area contributed by atoms with Crippen LogP contribution >= 0.6 is 12.2 Å². The van der Waals surface area contributed by atoms with E-state index in [1.807, 2.05) is 19.1 Å². The number of nitrogens with one attached hydrogen (secondary N) is 3. The fourth-order valence-electron chi connectivity index (χ4n) is 2.53. The minimum atomic E-state index is -0.663. The maximum atomic E-state index is 12.3. The number of thiocarbonyl (C=S) groups is 1. The molecule has 10 nitrogen and oxygen atoms in total. The predicted molar refractivity (Wildman–Crippen MR) is 119 cm³/mol. The molecule has 0 atom stereocenters. The van der Waals surface area contributed by atoms with E-state index in [-0.39, 0.29) is 28.9 Å². The second-order valence-electron chi connectivity index (χ2n) is 6.53. The molecule has 32 heavy (non-hydrogen) atoms. The number of nitro benzene ring substituents is 1. The van der Waals surface area contributed by atoms with E-state index in [0.717, 1.165) is 5.56 Å². The molecule has 0 bridgehead atoms. The number of carbonyl (C=O) groups excluding carboxylic acids is 2. The molecule has 0 spiro atoms. The van der Waals surface area contributed by atoms with Gasteiger partial charge in [0.05, 0.1) is 4.92 Å². The van der Waals surface area contributed by atoms with Crippen LogP contribution in [0.4, 0.5) is 5.69 Å². The zero-order valence-electron chi connectivity index (χ0n) is 16.8. The lowest BCUT2D eigenvalue weighted by Crippen LogP contribution is -2.49. The fraction of sp³-hybridized carbons (Fsp3) is 0.0952. The van der Waals surface area contributed by atoms with E-state index in [4.69, 9.17) is 21.4 Å². The number of carbonyl (C=O) groups is 2. The third-order valence-corrected chi connectivity index (χ3v) is 4.31. The number of rotatable bonds is 6. The smallest absolute Gasteiger partial charge is 0.293 e. The summed E-state index contributed by atoms with van der Waals surface area (Å²) in [6.45, 7) is 1.68. The highest BCUT2D eigenvalue weighted by Crippen LogP contribution is 2.25. The predicted octanol–water partition coefficient (Wildman–Crippen LogP) is 2.88. The number of hydrogen-bond acceptors (Lipinski definition) is 7. The maximum absolute atomic E-state index is 12.3. The van der Waals surface area contributed by atoms with Crippen LogP contribution in [0.25, 0.3) is 11.3 Å². The van der Waals surface area contributed by atoms with Crippen molar-refractivity contribution in [1.29, 1.82) is 0 Å². The van der Waals surface area contributed by atoms with Gasteiger partial charge in [-0.15, -0.1) is 0 Å². The van der Waals surface area contributed by atoms with Crippen molar-refractivity contribution in [2.45, 2.75) is 6.92 Å². The SMILES string of the molecule is Cc1ccc(OCC(=O)NNC(=S)NC(=O)c2ccc(-c3cccc([N+](=O)[O-])c3)o2)cc1. The van der Waals surface area contributed by atoms with Crippen LogP contribution in [0, 0.1) is 17.0 Å². The standard InChI is InChI=1S/C21H18N4O6S/c1-13-5-7-16(8-6-13)30-12-19(26)23-24-21(32)22-20(27)18-10-9-17(31-18)14-3-2-4-15(11-14)25(28)29/h2-11H,12H2,1H3,(H,23,26)(H2,22,24,27,32). The van der Waals surface area contributed by atoms with Gasteiger partial charge in [0.25, 0.3) is 17.5 Å². The topological polar surface area (TPSA) is 136 Å². The second-order valence-corrected chi connectivity index (χ2v) is 6.94. The molecular weight excluding hydrogens is 436 g/mol. The molecule has 0 aliphatic carbocycles. The van der Waals surface area contributed by atoms with Crippen LogP contribution in [0.1, 0.15) is 16.1 Å². The van der Waals surface area contributed by atoms with E-state index in [1.165, 1.54) is 30.3 Å². The van der Waals surface area contributed by atoms with E-state index in [9.17, 15) is 19.7 Å². The minimum absolute atomic E-state index is 0.0651. The Morgan fingerprint density at radius 2 is 1.84 bits per heavy atom. The molecule has 2 amide bonds. The average Bonchev–Trinajstić information content (AvgIpc) is 3.28. The van der Waals surface area contributed by atoms with Crippen LogP contribution in [0.2, 0.25) is 0 Å². The highest BCUT2D eigenvalue weighted by Gasteiger charge is 2.15. The number of hydrazine groups is 1. The molecule has 2 aromatic carbocycles. The summed E-state index contributed by atoms with van der Waals surface area (Å²) in [6.07, 6.45) is 0. The molecule has 11 heteroatoms. The zero-order valence-corrected chi connectivity index (χ0v) is 17.6. The lowest BCUT2D eigenvalue weighted by atomic mass is 10.1. The molecule has 3 rings (SSSR count). The van der Waals surface area contributed by atoms with Crippen molar-refractivity contribution < 1.29 is 23.7 Å². The monoisotopic (exact) mass is 454 g/mol. The highest BCUT2D eigenvalue weighted by molar-refractivity contribution is 7.80. The van der Waals surface area contributed by atoms with Gasteiger partial charge in [-0.3, -0.25) is 35.9 Å². The number of nitro groups is 1. The number of furan rings is 1. The van der Waals surface area contributed by atoms with Crippen LogP contribution in [-0.4, -0.2) is 28.5 Å². The molecule has 164 valence electrons. The Morgan fingerprint density at radius 3 is 2.56 bits per heavy atom. The molecule has 0 aliphatic rings. The summed E-state index contributed by atoms with van der Waals surface area (Å²) < 4.78 is 10.8. The quantitative estimate of drug-likeness (QED) is 0.294. The summed E-state index contributed by atoms with van der Waals surface area (Å²) in [7, 11) is 0. The van der Waals surface area contributed by atoms with Crippen LogP contribution in [-0.2, 0) is 4.79 Å². The van der Waals surface area contributed by atoms with E-state index >= 15 is 0 Å². The Labute approximate surface area is 187 Å². The normalized spacial score (nSPS) is 10.2. The van der Waals surface area contributed by atoms with Crippen LogP contribution in [0.5, 0.6) is 5.75 Å². The highest BCUT2D eigenvalue weighted by atomic mass is 32.1. The number of aryl methyl sites for hydroxylation is 1. The number of nitrogens with zero attached hydrogens (tertiary/aromatic N) is 1. The first-order valence-corrected chi connectivity index (χ1v) is 9.67. The molecule has 0 radical (unpaired) electrons. The number of amides is 2. The summed E-state index contributed by atoms with van der Waals surface area (Å²) in [5, 5.41) is 13.1. The first-order chi connectivity index (χ1) is 15.3. The molecule has 3 N–H and O–H groups in total. The Morgan fingerprint density at radius 1 is 1.09 bits per heavy atom. The Kier molecular flexibility index (Phi) is 7.13. The van der Waals surface area contributed by atoms with E-state index in [2.05, 4.69) is 16.2 Å². The van der Waals surface area contributed by atoms with Crippen molar-refractivity contribution in [3.8, 4) is 17.1 Å². The molecule has 0 saturated heterocycles. The first-order valence-electron chi connectivity index (χ1n) is 9.26. The summed E-state index contributed by atoms with van der Waals surface area (Å²) in [4.78, 5) is 34.5. The van der Waals surface area contributed by atoms with Gasteiger partial charge in [-0.05, 0) is 43.4 Å². The van der Waals surface area contributed by atoms with Crippen molar-refractivity contribution in [3.63, 3.8) is 0 Å². The van der Waals surface area contributed by atoms with Gasteiger partial charge in [-0.25, -0.2) is 0 Å². The van der Waals surface area contributed by atoms with Gasteiger partial charge in [0.2, 0.25) is 0 Å².